The lowest BCUT2D eigenvalue weighted by Crippen LogP contribution is -2.24. The molecule has 2 aromatic carbocycles. The highest BCUT2D eigenvalue weighted by molar-refractivity contribution is 5.99. The molecule has 2 nitrogen and oxygen atoms in total. The third-order valence-corrected chi connectivity index (χ3v) is 2.82. The third kappa shape index (κ3) is 3.19. The van der Waals surface area contributed by atoms with Crippen LogP contribution in [0.1, 0.15) is 22.8 Å². The second-order valence-electron chi connectivity index (χ2n) is 4.42. The van der Waals surface area contributed by atoms with E-state index < -0.39 is 11.9 Å². The lowest BCUT2D eigenvalue weighted by molar-refractivity contribution is 0.0812. The molecule has 19 heavy (non-hydrogen) atoms. The molecule has 0 bridgehead atoms. The zero-order valence-electron chi connectivity index (χ0n) is 10.9. The van der Waals surface area contributed by atoms with E-state index >= 15 is 0 Å². The molecule has 0 radical (unpaired) electrons. The molecule has 0 saturated heterocycles. The normalized spacial score (nSPS) is 11.9. The van der Waals surface area contributed by atoms with E-state index in [2.05, 4.69) is 0 Å². The molecule has 0 spiro atoms. The minimum absolute atomic E-state index is 0.108. The van der Waals surface area contributed by atoms with Crippen molar-refractivity contribution in [3.05, 3.63) is 65.5 Å². The maximum Gasteiger partial charge on any atom is 0.202 e. The maximum atomic E-state index is 13.6. The summed E-state index contributed by atoms with van der Waals surface area (Å²) in [4.78, 5) is 12.1. The number of aryl methyl sites for hydroxylation is 1. The smallest absolute Gasteiger partial charge is 0.202 e. The number of hydrogen-bond acceptors (Lipinski definition) is 2. The first-order valence-electron chi connectivity index (χ1n) is 6.10. The first kappa shape index (κ1) is 13.3. The van der Waals surface area contributed by atoms with E-state index in [9.17, 15) is 9.18 Å². The van der Waals surface area contributed by atoms with Crippen molar-refractivity contribution in [2.75, 3.05) is 0 Å². The quantitative estimate of drug-likeness (QED) is 0.780. The number of benzene rings is 2. The van der Waals surface area contributed by atoms with Crippen molar-refractivity contribution in [2.24, 2.45) is 0 Å². The van der Waals surface area contributed by atoms with E-state index in [1.165, 1.54) is 6.07 Å². The molecule has 1 unspecified atom stereocenters. The van der Waals surface area contributed by atoms with Gasteiger partial charge in [-0.05, 0) is 31.5 Å². The number of ether oxygens (including phenoxy) is 1. The first-order valence-corrected chi connectivity index (χ1v) is 6.10. The summed E-state index contributed by atoms with van der Waals surface area (Å²) in [6, 6.07) is 13.4. The van der Waals surface area contributed by atoms with Gasteiger partial charge in [0, 0.05) is 5.56 Å². The fraction of sp³-hybridized carbons (Fsp3) is 0.188. The maximum absolute atomic E-state index is 13.6. The van der Waals surface area contributed by atoms with Gasteiger partial charge in [0.05, 0.1) is 0 Å². The van der Waals surface area contributed by atoms with Gasteiger partial charge in [-0.3, -0.25) is 4.79 Å². The van der Waals surface area contributed by atoms with Gasteiger partial charge in [0.1, 0.15) is 0 Å². The van der Waals surface area contributed by atoms with Crippen molar-refractivity contribution in [3.8, 4) is 5.75 Å². The molecule has 2 rings (SSSR count). The second kappa shape index (κ2) is 5.65. The molecule has 98 valence electrons. The van der Waals surface area contributed by atoms with Crippen LogP contribution in [0.5, 0.6) is 5.75 Å². The summed E-state index contributed by atoms with van der Waals surface area (Å²) in [5.74, 6) is -0.517. The summed E-state index contributed by atoms with van der Waals surface area (Å²) >= 11 is 0. The van der Waals surface area contributed by atoms with Gasteiger partial charge in [-0.15, -0.1) is 0 Å². The van der Waals surface area contributed by atoms with E-state index in [0.717, 1.165) is 5.56 Å². The van der Waals surface area contributed by atoms with E-state index in [1.54, 1.807) is 43.3 Å². The lowest BCUT2D eigenvalue weighted by atomic mass is 10.1. The van der Waals surface area contributed by atoms with Gasteiger partial charge >= 0.3 is 0 Å². The standard InChI is InChI=1S/C16H15FO2/c1-11-8-9-14(17)15(10-11)19-12(2)16(18)13-6-4-3-5-7-13/h3-10,12H,1-2H3. The van der Waals surface area contributed by atoms with Crippen LogP contribution in [0.2, 0.25) is 0 Å². The summed E-state index contributed by atoms with van der Waals surface area (Å²) in [6.07, 6.45) is -0.723. The van der Waals surface area contributed by atoms with Crippen LogP contribution < -0.4 is 4.74 Å². The second-order valence-corrected chi connectivity index (χ2v) is 4.42. The number of carbonyl (C=O) groups excluding carboxylic acids is 1. The predicted octanol–water partition coefficient (Wildman–Crippen LogP) is 3.78. The van der Waals surface area contributed by atoms with E-state index in [4.69, 9.17) is 4.74 Å². The Kier molecular flexibility index (Phi) is 3.95. The number of ketones is 1. The van der Waals surface area contributed by atoms with Crippen LogP contribution >= 0.6 is 0 Å². The average Bonchev–Trinajstić information content (AvgIpc) is 2.43. The van der Waals surface area contributed by atoms with Gasteiger partial charge in [-0.1, -0.05) is 36.4 Å². The Morgan fingerprint density at radius 2 is 1.84 bits per heavy atom. The first-order chi connectivity index (χ1) is 9.08. The summed E-state index contributed by atoms with van der Waals surface area (Å²) in [5, 5.41) is 0. The minimum Gasteiger partial charge on any atom is -0.479 e. The molecule has 0 aliphatic heterocycles. The van der Waals surface area contributed by atoms with Crippen molar-refractivity contribution in [1.82, 2.24) is 0 Å². The highest BCUT2D eigenvalue weighted by Crippen LogP contribution is 2.20. The zero-order chi connectivity index (χ0) is 13.8. The number of Topliss-reactive ketones (excluding diaryl/α,β-unsaturated/α-hetero) is 1. The number of halogens is 1. The van der Waals surface area contributed by atoms with Crippen LogP contribution in [0.3, 0.4) is 0 Å². The average molecular weight is 258 g/mol. The Balaban J connectivity index is 2.15. The molecule has 0 aliphatic rings. The number of carbonyl (C=O) groups is 1. The monoisotopic (exact) mass is 258 g/mol. The van der Waals surface area contributed by atoms with Crippen molar-refractivity contribution in [2.45, 2.75) is 20.0 Å². The van der Waals surface area contributed by atoms with Gasteiger partial charge in [0.15, 0.2) is 17.7 Å². The molecule has 0 aromatic heterocycles. The third-order valence-electron chi connectivity index (χ3n) is 2.82. The Hall–Kier alpha value is -2.16. The van der Waals surface area contributed by atoms with Gasteiger partial charge in [0.2, 0.25) is 5.78 Å². The molecule has 0 heterocycles. The van der Waals surface area contributed by atoms with E-state index in [1.807, 2.05) is 13.0 Å². The van der Waals surface area contributed by atoms with Gasteiger partial charge in [-0.2, -0.15) is 0 Å². The van der Waals surface area contributed by atoms with Gasteiger partial charge < -0.3 is 4.74 Å². The van der Waals surface area contributed by atoms with Crippen LogP contribution in [-0.4, -0.2) is 11.9 Å². The highest BCUT2D eigenvalue weighted by Gasteiger charge is 2.18. The van der Waals surface area contributed by atoms with Crippen LogP contribution in [0.25, 0.3) is 0 Å². The highest BCUT2D eigenvalue weighted by atomic mass is 19.1. The van der Waals surface area contributed by atoms with Crippen LogP contribution in [0.4, 0.5) is 4.39 Å². The van der Waals surface area contributed by atoms with E-state index in [-0.39, 0.29) is 11.5 Å². The summed E-state index contributed by atoms with van der Waals surface area (Å²) in [7, 11) is 0. The van der Waals surface area contributed by atoms with Gasteiger partial charge in [-0.25, -0.2) is 4.39 Å². The Morgan fingerprint density at radius 3 is 2.53 bits per heavy atom. The number of hydrogen-bond donors (Lipinski definition) is 0. The fourth-order valence-corrected chi connectivity index (χ4v) is 1.78. The van der Waals surface area contributed by atoms with E-state index in [0.29, 0.717) is 5.56 Å². The molecular formula is C16H15FO2. The summed E-state index contributed by atoms with van der Waals surface area (Å²) in [6.45, 7) is 3.47. The molecule has 1 atom stereocenters. The predicted molar refractivity (Wildman–Crippen MR) is 72.0 cm³/mol. The van der Waals surface area contributed by atoms with Crippen LogP contribution in [0.15, 0.2) is 48.5 Å². The molecule has 0 aliphatic carbocycles. The van der Waals surface area contributed by atoms with Crippen molar-refractivity contribution >= 4 is 5.78 Å². The SMILES string of the molecule is Cc1ccc(F)c(OC(C)C(=O)c2ccccc2)c1. The molecule has 0 amide bonds. The summed E-state index contributed by atoms with van der Waals surface area (Å²) < 4.78 is 19.0. The van der Waals surface area contributed by atoms with Crippen LogP contribution in [0, 0.1) is 12.7 Å². The van der Waals surface area contributed by atoms with Crippen molar-refractivity contribution < 1.29 is 13.9 Å². The zero-order valence-corrected chi connectivity index (χ0v) is 10.9. The Morgan fingerprint density at radius 1 is 1.16 bits per heavy atom. The largest absolute Gasteiger partial charge is 0.479 e. The molecule has 0 fully saturated rings. The number of rotatable bonds is 4. The van der Waals surface area contributed by atoms with Gasteiger partial charge in [0.25, 0.3) is 0 Å². The van der Waals surface area contributed by atoms with Crippen LogP contribution in [-0.2, 0) is 0 Å². The van der Waals surface area contributed by atoms with Crippen molar-refractivity contribution in [3.63, 3.8) is 0 Å². The van der Waals surface area contributed by atoms with Crippen molar-refractivity contribution in [1.29, 1.82) is 0 Å². The topological polar surface area (TPSA) is 26.3 Å². The molecular weight excluding hydrogens is 243 g/mol. The fourth-order valence-electron chi connectivity index (χ4n) is 1.78. The lowest BCUT2D eigenvalue weighted by Gasteiger charge is -2.14. The minimum atomic E-state index is -0.723. The molecule has 0 saturated carbocycles. The summed E-state index contributed by atoms with van der Waals surface area (Å²) in [5.41, 5.74) is 1.44. The Bertz CT molecular complexity index is 579. The molecule has 3 heteroatoms. The molecule has 2 aromatic rings. The molecule has 0 N–H and O–H groups in total. The Labute approximate surface area is 111 Å².